The zero-order valence-corrected chi connectivity index (χ0v) is 15.3. The molecule has 3 aromatic rings. The number of hydrogen-bond acceptors (Lipinski definition) is 4. The number of halogens is 3. The van der Waals surface area contributed by atoms with E-state index in [4.69, 9.17) is 0 Å². The molecule has 0 radical (unpaired) electrons. The quantitative estimate of drug-likeness (QED) is 0.635. The van der Waals surface area contributed by atoms with Crippen LogP contribution in [0.4, 0.5) is 13.2 Å². The molecule has 0 bridgehead atoms. The number of nitrogens with zero attached hydrogens (tertiary/aromatic N) is 1. The lowest BCUT2D eigenvalue weighted by Crippen LogP contribution is -2.28. The average molecular weight is 396 g/mol. The maximum atomic E-state index is 12.6. The summed E-state index contributed by atoms with van der Waals surface area (Å²) in [6, 6.07) is 6.38. The first-order chi connectivity index (χ1) is 12.3. The third-order valence-electron chi connectivity index (χ3n) is 3.78. The van der Waals surface area contributed by atoms with Crippen LogP contribution in [0.25, 0.3) is 10.6 Å². The van der Waals surface area contributed by atoms with Crippen LogP contribution in [-0.2, 0) is 17.4 Å². The molecule has 0 fully saturated rings. The van der Waals surface area contributed by atoms with Gasteiger partial charge in [0.1, 0.15) is 5.01 Å². The van der Waals surface area contributed by atoms with Crippen molar-refractivity contribution in [2.75, 3.05) is 0 Å². The van der Waals surface area contributed by atoms with Gasteiger partial charge in [-0.05, 0) is 36.1 Å². The summed E-state index contributed by atoms with van der Waals surface area (Å²) >= 11 is 3.06. The van der Waals surface area contributed by atoms with Gasteiger partial charge in [0.25, 0.3) is 0 Å². The minimum atomic E-state index is -4.37. The van der Waals surface area contributed by atoms with Crippen LogP contribution >= 0.6 is 22.7 Å². The Bertz CT molecular complexity index is 871. The van der Waals surface area contributed by atoms with Crippen molar-refractivity contribution in [3.05, 3.63) is 63.3 Å². The Hall–Kier alpha value is -2.19. The molecule has 0 saturated heterocycles. The van der Waals surface area contributed by atoms with Gasteiger partial charge in [0.05, 0.1) is 23.7 Å². The summed E-state index contributed by atoms with van der Waals surface area (Å²) < 4.78 is 37.8. The summed E-state index contributed by atoms with van der Waals surface area (Å²) in [6.07, 6.45) is -4.23. The molecule has 136 valence electrons. The highest BCUT2D eigenvalue weighted by atomic mass is 32.1. The lowest BCUT2D eigenvalue weighted by molar-refractivity contribution is -0.137. The molecule has 1 amide bonds. The van der Waals surface area contributed by atoms with E-state index in [1.54, 1.807) is 18.3 Å². The lowest BCUT2D eigenvalue weighted by Gasteiger charge is -2.15. The zero-order chi connectivity index (χ0) is 18.7. The Morgan fingerprint density at radius 1 is 1.19 bits per heavy atom. The number of benzene rings is 1. The number of thiazole rings is 1. The maximum Gasteiger partial charge on any atom is 0.416 e. The van der Waals surface area contributed by atoms with Crippen LogP contribution in [0.1, 0.15) is 29.8 Å². The summed E-state index contributed by atoms with van der Waals surface area (Å²) in [7, 11) is 0. The van der Waals surface area contributed by atoms with Crippen LogP contribution < -0.4 is 5.32 Å². The molecule has 2 aromatic heterocycles. The fourth-order valence-electron chi connectivity index (χ4n) is 2.41. The normalized spacial score (nSPS) is 12.8. The highest BCUT2D eigenvalue weighted by molar-refractivity contribution is 7.14. The number of thiophene rings is 1. The van der Waals surface area contributed by atoms with Crippen molar-refractivity contribution in [3.8, 4) is 10.6 Å². The fraction of sp³-hybridized carbons (Fsp3) is 0.222. The van der Waals surface area contributed by atoms with E-state index in [9.17, 15) is 18.0 Å². The average Bonchev–Trinajstić information content (AvgIpc) is 3.25. The number of rotatable bonds is 5. The summed E-state index contributed by atoms with van der Waals surface area (Å²) in [5, 5.41) is 9.46. The number of carbonyl (C=O) groups is 1. The largest absolute Gasteiger partial charge is 0.416 e. The number of amides is 1. The Kier molecular flexibility index (Phi) is 5.43. The molecular weight excluding hydrogens is 381 g/mol. The van der Waals surface area contributed by atoms with Gasteiger partial charge in [-0.25, -0.2) is 4.98 Å². The molecule has 0 saturated carbocycles. The van der Waals surface area contributed by atoms with Crippen LogP contribution in [0.2, 0.25) is 0 Å². The maximum absolute atomic E-state index is 12.6. The standard InChI is InChI=1S/C18H15F3N2OS2/c1-11(12-2-4-14(5-3-12)18(19,20)21)22-16(24)8-15-10-26-17(23-15)13-6-7-25-9-13/h2-7,9-11H,8H2,1H3,(H,22,24). The van der Waals surface area contributed by atoms with E-state index in [0.29, 0.717) is 11.3 Å². The highest BCUT2D eigenvalue weighted by Gasteiger charge is 2.30. The molecule has 1 aromatic carbocycles. The molecule has 3 rings (SSSR count). The minimum Gasteiger partial charge on any atom is -0.349 e. The van der Waals surface area contributed by atoms with Gasteiger partial charge >= 0.3 is 6.18 Å². The summed E-state index contributed by atoms with van der Waals surface area (Å²) in [5.41, 5.74) is 1.62. The fourth-order valence-corrected chi connectivity index (χ4v) is 3.94. The summed E-state index contributed by atoms with van der Waals surface area (Å²) in [4.78, 5) is 16.6. The van der Waals surface area contributed by atoms with E-state index < -0.39 is 11.7 Å². The van der Waals surface area contributed by atoms with Crippen molar-refractivity contribution < 1.29 is 18.0 Å². The highest BCUT2D eigenvalue weighted by Crippen LogP contribution is 2.30. The van der Waals surface area contributed by atoms with Crippen molar-refractivity contribution in [2.45, 2.75) is 25.6 Å². The van der Waals surface area contributed by atoms with Gasteiger partial charge in [0.15, 0.2) is 0 Å². The third-order valence-corrected chi connectivity index (χ3v) is 5.40. The second-order valence-electron chi connectivity index (χ2n) is 5.74. The zero-order valence-electron chi connectivity index (χ0n) is 13.7. The third kappa shape index (κ3) is 4.50. The van der Waals surface area contributed by atoms with Crippen LogP contribution in [0, 0.1) is 0 Å². The van der Waals surface area contributed by atoms with E-state index >= 15 is 0 Å². The number of nitrogens with one attached hydrogen (secondary N) is 1. The van der Waals surface area contributed by atoms with Crippen LogP contribution in [-0.4, -0.2) is 10.9 Å². The molecule has 1 atom stereocenters. The smallest absolute Gasteiger partial charge is 0.349 e. The van der Waals surface area contributed by atoms with Gasteiger partial charge in [0.2, 0.25) is 5.91 Å². The van der Waals surface area contributed by atoms with Gasteiger partial charge < -0.3 is 5.32 Å². The Labute approximate surface area is 156 Å². The summed E-state index contributed by atoms with van der Waals surface area (Å²) in [5.74, 6) is -0.223. The molecule has 0 spiro atoms. The number of aromatic nitrogens is 1. The van der Waals surface area contributed by atoms with E-state index in [1.165, 1.54) is 23.5 Å². The van der Waals surface area contributed by atoms with Gasteiger partial charge in [-0.15, -0.1) is 11.3 Å². The van der Waals surface area contributed by atoms with E-state index in [0.717, 1.165) is 22.7 Å². The first-order valence-corrected chi connectivity index (χ1v) is 9.58. The molecule has 8 heteroatoms. The minimum absolute atomic E-state index is 0.131. The molecule has 26 heavy (non-hydrogen) atoms. The Morgan fingerprint density at radius 2 is 1.92 bits per heavy atom. The Morgan fingerprint density at radius 3 is 2.54 bits per heavy atom. The van der Waals surface area contributed by atoms with Crippen molar-refractivity contribution in [3.63, 3.8) is 0 Å². The molecule has 2 heterocycles. The van der Waals surface area contributed by atoms with Gasteiger partial charge in [-0.1, -0.05) is 12.1 Å². The van der Waals surface area contributed by atoms with Crippen LogP contribution in [0.3, 0.4) is 0 Å². The molecule has 0 aliphatic carbocycles. The molecule has 0 aliphatic heterocycles. The first-order valence-electron chi connectivity index (χ1n) is 7.76. The van der Waals surface area contributed by atoms with Gasteiger partial charge in [-0.3, -0.25) is 4.79 Å². The van der Waals surface area contributed by atoms with Gasteiger partial charge in [0, 0.05) is 16.3 Å². The predicted molar refractivity (Wildman–Crippen MR) is 97.1 cm³/mol. The van der Waals surface area contributed by atoms with Gasteiger partial charge in [-0.2, -0.15) is 24.5 Å². The van der Waals surface area contributed by atoms with Crippen molar-refractivity contribution in [2.24, 2.45) is 0 Å². The SMILES string of the molecule is CC(NC(=O)Cc1csc(-c2ccsc2)n1)c1ccc(C(F)(F)F)cc1. The molecule has 3 nitrogen and oxygen atoms in total. The predicted octanol–water partition coefficient (Wildman–Crippen LogP) is 5.31. The van der Waals surface area contributed by atoms with Crippen molar-refractivity contribution in [1.82, 2.24) is 10.3 Å². The van der Waals surface area contributed by atoms with Crippen molar-refractivity contribution >= 4 is 28.6 Å². The monoisotopic (exact) mass is 396 g/mol. The Balaban J connectivity index is 1.59. The van der Waals surface area contributed by atoms with E-state index in [1.807, 2.05) is 22.2 Å². The van der Waals surface area contributed by atoms with E-state index in [2.05, 4.69) is 10.3 Å². The number of carbonyl (C=O) groups excluding carboxylic acids is 1. The second-order valence-corrected chi connectivity index (χ2v) is 7.38. The second kappa shape index (κ2) is 7.59. The topological polar surface area (TPSA) is 42.0 Å². The molecule has 0 aliphatic rings. The molecule has 1 N–H and O–H groups in total. The number of alkyl halides is 3. The summed E-state index contributed by atoms with van der Waals surface area (Å²) in [6.45, 7) is 1.73. The van der Waals surface area contributed by atoms with E-state index in [-0.39, 0.29) is 18.4 Å². The van der Waals surface area contributed by atoms with Crippen LogP contribution in [0.15, 0.2) is 46.5 Å². The molecular formula is C18H15F3N2OS2. The van der Waals surface area contributed by atoms with Crippen molar-refractivity contribution in [1.29, 1.82) is 0 Å². The molecule has 1 unspecified atom stereocenters. The number of hydrogen-bond donors (Lipinski definition) is 1. The first kappa shape index (κ1) is 18.6. The lowest BCUT2D eigenvalue weighted by atomic mass is 10.1. The van der Waals surface area contributed by atoms with Crippen LogP contribution in [0.5, 0.6) is 0 Å².